The number of nitrogens with zero attached hydrogens (tertiary/aromatic N) is 2. The molecule has 3 amide bonds. The predicted molar refractivity (Wildman–Crippen MR) is 162 cm³/mol. The molecule has 240 valence electrons. The van der Waals surface area contributed by atoms with Crippen molar-refractivity contribution in [3.63, 3.8) is 0 Å². The number of carbonyl (C=O) groups excluding carboxylic acids is 3. The monoisotopic (exact) mass is 635 g/mol. The van der Waals surface area contributed by atoms with Gasteiger partial charge in [0, 0.05) is 29.4 Å². The Morgan fingerprint density at radius 3 is 2.37 bits per heavy atom. The minimum atomic E-state index is -1.41. The molecule has 1 saturated carbocycles. The molecule has 46 heavy (non-hydrogen) atoms. The number of hydrogen-bond donors (Lipinski definition) is 4. The third-order valence-corrected chi connectivity index (χ3v) is 7.47. The number of hydrogen-bond acceptors (Lipinski definition) is 9. The number of primary amides is 1. The van der Waals surface area contributed by atoms with Crippen LogP contribution in [0.15, 0.2) is 66.9 Å². The van der Waals surface area contributed by atoms with Gasteiger partial charge in [0.05, 0.1) is 31.5 Å². The molecule has 0 bridgehead atoms. The Hall–Kier alpha value is -5.34. The predicted octanol–water partition coefficient (Wildman–Crippen LogP) is 4.11. The van der Waals surface area contributed by atoms with Gasteiger partial charge in [-0.25, -0.2) is 14.3 Å². The van der Waals surface area contributed by atoms with E-state index in [1.807, 2.05) is 0 Å². The molecule has 1 heterocycles. The Balaban J connectivity index is 1.39. The minimum absolute atomic E-state index is 0.0472. The van der Waals surface area contributed by atoms with Gasteiger partial charge >= 0.3 is 0 Å². The fourth-order valence-electron chi connectivity index (χ4n) is 4.82. The third kappa shape index (κ3) is 6.82. The molecule has 1 fully saturated rings. The summed E-state index contributed by atoms with van der Waals surface area (Å²) in [6.07, 6.45) is 2.54. The molecule has 0 aliphatic heterocycles. The molecule has 0 unspecified atom stereocenters. The van der Waals surface area contributed by atoms with Crippen molar-refractivity contribution in [1.82, 2.24) is 15.8 Å². The Kier molecular flexibility index (Phi) is 9.58. The lowest BCUT2D eigenvalue weighted by Gasteiger charge is -2.26. The van der Waals surface area contributed by atoms with Gasteiger partial charge in [0.25, 0.3) is 5.91 Å². The number of hydroxylamine groups is 1. The highest BCUT2D eigenvalue weighted by Gasteiger charge is 2.57. The van der Waals surface area contributed by atoms with E-state index >= 15 is 4.39 Å². The van der Waals surface area contributed by atoms with Gasteiger partial charge in [0.1, 0.15) is 17.0 Å². The SMILES string of the molecule is COc1cc2nccc(Oc3ccc(N(C(=O)C4(C(N)=O)CC4)c4ccc(F)cc4)cc3F)c2cc1OCCCNCC(=O)NO. The zero-order chi connectivity index (χ0) is 32.8. The van der Waals surface area contributed by atoms with Crippen LogP contribution in [0.2, 0.25) is 0 Å². The van der Waals surface area contributed by atoms with Gasteiger partial charge in [-0.15, -0.1) is 0 Å². The van der Waals surface area contributed by atoms with Crippen LogP contribution in [-0.4, -0.2) is 54.7 Å². The quantitative estimate of drug-likeness (QED) is 0.0691. The fraction of sp³-hybridized carbons (Fsp3) is 0.250. The van der Waals surface area contributed by atoms with E-state index in [-0.39, 0.29) is 48.9 Å². The summed E-state index contributed by atoms with van der Waals surface area (Å²) < 4.78 is 46.6. The van der Waals surface area contributed by atoms with Crippen LogP contribution in [-0.2, 0) is 14.4 Å². The Labute approximate surface area is 262 Å². The molecule has 0 atom stereocenters. The number of aromatic nitrogens is 1. The molecule has 0 saturated heterocycles. The average Bonchev–Trinajstić information content (AvgIpc) is 3.87. The van der Waals surface area contributed by atoms with Crippen LogP contribution in [0.3, 0.4) is 0 Å². The molecular weight excluding hydrogens is 604 g/mol. The van der Waals surface area contributed by atoms with Crippen molar-refractivity contribution in [3.05, 3.63) is 78.5 Å². The molecule has 5 rings (SSSR count). The standard InChI is InChI=1S/C32H31F2N5O7/c1-44-27-17-24-22(16-28(27)45-14-2-12-36-18-29(40)38-43)25(9-13-37-24)46-26-8-7-21(15-23(26)34)39(20-5-3-19(33)4-6-20)31(42)32(10-11-32)30(35)41/h3-9,13,15-17,36,43H,2,10-12,14,18H2,1H3,(H2,35,41)(H,38,40). The second-order valence-corrected chi connectivity index (χ2v) is 10.5. The molecule has 1 aliphatic carbocycles. The van der Waals surface area contributed by atoms with E-state index < -0.39 is 34.8 Å². The number of pyridine rings is 1. The Morgan fingerprint density at radius 1 is 0.978 bits per heavy atom. The van der Waals surface area contributed by atoms with Crippen molar-refractivity contribution in [2.75, 3.05) is 31.7 Å². The number of fused-ring (bicyclic) bond motifs is 1. The molecule has 3 aromatic carbocycles. The van der Waals surface area contributed by atoms with Crippen LogP contribution in [0.5, 0.6) is 23.0 Å². The second kappa shape index (κ2) is 13.7. The number of carbonyl (C=O) groups is 3. The summed E-state index contributed by atoms with van der Waals surface area (Å²) in [7, 11) is 1.48. The lowest BCUT2D eigenvalue weighted by atomic mass is 10.0. The van der Waals surface area contributed by atoms with Crippen LogP contribution in [0.1, 0.15) is 19.3 Å². The molecule has 1 aliphatic rings. The lowest BCUT2D eigenvalue weighted by molar-refractivity contribution is -0.133. The highest BCUT2D eigenvalue weighted by Crippen LogP contribution is 2.49. The van der Waals surface area contributed by atoms with E-state index in [2.05, 4.69) is 10.3 Å². The van der Waals surface area contributed by atoms with Crippen molar-refractivity contribution < 1.29 is 42.6 Å². The maximum absolute atomic E-state index is 15.6. The number of benzene rings is 3. The van der Waals surface area contributed by atoms with Gasteiger partial charge in [-0.1, -0.05) is 0 Å². The third-order valence-electron chi connectivity index (χ3n) is 7.47. The number of halogens is 2. The van der Waals surface area contributed by atoms with Crippen LogP contribution >= 0.6 is 0 Å². The van der Waals surface area contributed by atoms with Gasteiger partial charge < -0.3 is 25.3 Å². The van der Waals surface area contributed by atoms with E-state index in [1.165, 1.54) is 43.1 Å². The van der Waals surface area contributed by atoms with Gasteiger partial charge in [0.2, 0.25) is 11.8 Å². The number of anilines is 2. The maximum Gasteiger partial charge on any atom is 0.257 e. The number of methoxy groups -OCH3 is 1. The Morgan fingerprint density at radius 2 is 1.72 bits per heavy atom. The topological polar surface area (TPSA) is 165 Å². The first-order chi connectivity index (χ1) is 22.2. The first-order valence-corrected chi connectivity index (χ1v) is 14.3. The van der Waals surface area contributed by atoms with Gasteiger partial charge in [0.15, 0.2) is 23.1 Å². The number of nitrogens with two attached hydrogens (primary N) is 1. The van der Waals surface area contributed by atoms with Gasteiger partial charge in [-0.05, 0) is 74.3 Å². The van der Waals surface area contributed by atoms with Gasteiger partial charge in [-0.2, -0.15) is 0 Å². The van der Waals surface area contributed by atoms with E-state index in [0.717, 1.165) is 23.1 Å². The van der Waals surface area contributed by atoms with Crippen LogP contribution in [0, 0.1) is 17.0 Å². The highest BCUT2D eigenvalue weighted by atomic mass is 19.1. The van der Waals surface area contributed by atoms with Crippen molar-refractivity contribution in [3.8, 4) is 23.0 Å². The largest absolute Gasteiger partial charge is 0.493 e. The summed E-state index contributed by atoms with van der Waals surface area (Å²) in [5.41, 5.74) is 6.49. The van der Waals surface area contributed by atoms with Crippen molar-refractivity contribution in [2.24, 2.45) is 11.1 Å². The number of amides is 3. The summed E-state index contributed by atoms with van der Waals surface area (Å²) >= 11 is 0. The van der Waals surface area contributed by atoms with E-state index in [9.17, 15) is 18.8 Å². The number of nitrogens with one attached hydrogen (secondary N) is 2. The molecule has 12 nitrogen and oxygen atoms in total. The summed E-state index contributed by atoms with van der Waals surface area (Å²) in [5, 5.41) is 11.9. The molecular formula is C32H31F2N5O7. The second-order valence-electron chi connectivity index (χ2n) is 10.5. The Bertz CT molecular complexity index is 1770. The molecule has 5 N–H and O–H groups in total. The smallest absolute Gasteiger partial charge is 0.257 e. The van der Waals surface area contributed by atoms with Crippen molar-refractivity contribution in [2.45, 2.75) is 19.3 Å². The summed E-state index contributed by atoms with van der Waals surface area (Å²) in [4.78, 5) is 42.3. The fourth-order valence-corrected chi connectivity index (χ4v) is 4.82. The number of rotatable bonds is 14. The molecule has 1 aromatic heterocycles. The first-order valence-electron chi connectivity index (χ1n) is 14.3. The summed E-state index contributed by atoms with van der Waals surface area (Å²) in [6.45, 7) is 0.666. The molecule has 14 heteroatoms. The molecule has 0 spiro atoms. The van der Waals surface area contributed by atoms with Crippen LogP contribution in [0.4, 0.5) is 20.2 Å². The lowest BCUT2D eigenvalue weighted by Crippen LogP contribution is -2.41. The summed E-state index contributed by atoms with van der Waals surface area (Å²) in [5.74, 6) is -2.40. The van der Waals surface area contributed by atoms with E-state index in [1.54, 1.807) is 18.2 Å². The molecule has 4 aromatic rings. The minimum Gasteiger partial charge on any atom is -0.493 e. The average molecular weight is 636 g/mol. The van der Waals surface area contributed by atoms with Crippen molar-refractivity contribution >= 4 is 40.0 Å². The zero-order valence-electron chi connectivity index (χ0n) is 24.7. The van der Waals surface area contributed by atoms with Gasteiger partial charge in [-0.3, -0.25) is 29.5 Å². The number of ether oxygens (including phenoxy) is 3. The highest BCUT2D eigenvalue weighted by molar-refractivity contribution is 6.16. The molecule has 0 radical (unpaired) electrons. The van der Waals surface area contributed by atoms with Crippen LogP contribution < -0.4 is 35.6 Å². The first kappa shape index (κ1) is 32.1. The van der Waals surface area contributed by atoms with Crippen LogP contribution in [0.25, 0.3) is 10.9 Å². The normalized spacial score (nSPS) is 13.1. The van der Waals surface area contributed by atoms with Crippen molar-refractivity contribution in [1.29, 1.82) is 0 Å². The maximum atomic E-state index is 15.6. The summed E-state index contributed by atoms with van der Waals surface area (Å²) in [6, 6.07) is 13.8. The van der Waals surface area contributed by atoms with E-state index in [0.29, 0.717) is 35.4 Å². The zero-order valence-corrected chi connectivity index (χ0v) is 24.7. The van der Waals surface area contributed by atoms with E-state index in [4.69, 9.17) is 25.2 Å².